The summed E-state index contributed by atoms with van der Waals surface area (Å²) in [4.78, 5) is 25.0. The molecule has 2 aromatic carbocycles. The quantitative estimate of drug-likeness (QED) is 0.415. The van der Waals surface area contributed by atoms with Crippen LogP contribution in [0.25, 0.3) is 0 Å². The third kappa shape index (κ3) is 4.98. The Morgan fingerprint density at radius 2 is 1.82 bits per heavy atom. The number of carbonyl (C=O) groups is 2. The number of nitrogens with zero attached hydrogens (tertiary/aromatic N) is 1. The van der Waals surface area contributed by atoms with Gasteiger partial charge in [-0.25, -0.2) is 5.43 Å². The molecule has 0 aliphatic rings. The fourth-order valence-corrected chi connectivity index (χ4v) is 3.46. The van der Waals surface area contributed by atoms with Crippen molar-refractivity contribution in [3.8, 4) is 0 Å². The van der Waals surface area contributed by atoms with E-state index < -0.39 is 0 Å². The summed E-state index contributed by atoms with van der Waals surface area (Å²) in [7, 11) is 0. The average molecular weight is 432 g/mol. The van der Waals surface area contributed by atoms with Crippen molar-refractivity contribution in [1.29, 1.82) is 0 Å². The Morgan fingerprint density at radius 3 is 2.54 bits per heavy atom. The number of carbonyl (C=O) groups excluding carboxylic acids is 2. The predicted molar refractivity (Wildman–Crippen MR) is 115 cm³/mol. The Bertz CT molecular complexity index is 1050. The second kappa shape index (κ2) is 9.01. The Hall–Kier alpha value is -2.67. The second-order valence-corrected chi connectivity index (χ2v) is 7.57. The summed E-state index contributed by atoms with van der Waals surface area (Å²) in [5.41, 5.74) is 4.78. The molecule has 0 radical (unpaired) electrons. The van der Waals surface area contributed by atoms with Crippen LogP contribution in [0.4, 0.5) is 5.69 Å². The summed E-state index contributed by atoms with van der Waals surface area (Å²) in [5.74, 6) is -0.615. The molecule has 1 heterocycles. The van der Waals surface area contributed by atoms with Crippen molar-refractivity contribution in [3.05, 3.63) is 86.0 Å². The number of hydrazone groups is 1. The van der Waals surface area contributed by atoms with E-state index in [9.17, 15) is 9.59 Å². The SMILES string of the molecule is C/C(=N/NC(=O)c1cccs1)c1cccc(NC(=O)c2ccc(Cl)cc2Cl)c1. The number of benzene rings is 2. The molecule has 2 amide bonds. The second-order valence-electron chi connectivity index (χ2n) is 5.77. The number of halogens is 2. The van der Waals surface area contributed by atoms with Crippen molar-refractivity contribution in [3.63, 3.8) is 0 Å². The van der Waals surface area contributed by atoms with Crippen LogP contribution in [0.1, 0.15) is 32.5 Å². The first-order valence-corrected chi connectivity index (χ1v) is 9.82. The van der Waals surface area contributed by atoms with Crippen LogP contribution in [0, 0.1) is 0 Å². The maximum atomic E-state index is 12.4. The van der Waals surface area contributed by atoms with E-state index >= 15 is 0 Å². The van der Waals surface area contributed by atoms with Crippen LogP contribution in [0.15, 0.2) is 65.1 Å². The molecule has 8 heteroatoms. The van der Waals surface area contributed by atoms with Gasteiger partial charge in [0.15, 0.2) is 0 Å². The molecule has 0 aliphatic carbocycles. The normalized spacial score (nSPS) is 11.2. The van der Waals surface area contributed by atoms with Gasteiger partial charge in [0.2, 0.25) is 0 Å². The minimum atomic E-state index is -0.348. The van der Waals surface area contributed by atoms with E-state index in [0.29, 0.717) is 26.9 Å². The summed E-state index contributed by atoms with van der Waals surface area (Å²) in [6.45, 7) is 1.77. The molecular formula is C20H15Cl2N3O2S. The highest BCUT2D eigenvalue weighted by molar-refractivity contribution is 7.12. The molecule has 0 saturated carbocycles. The summed E-state index contributed by atoms with van der Waals surface area (Å²) >= 11 is 13.3. The number of hydrogen-bond acceptors (Lipinski definition) is 4. The van der Waals surface area contributed by atoms with E-state index in [2.05, 4.69) is 15.8 Å². The molecule has 0 atom stereocenters. The fourth-order valence-electron chi connectivity index (χ4n) is 2.36. The van der Waals surface area contributed by atoms with E-state index in [4.69, 9.17) is 23.2 Å². The molecule has 0 bridgehead atoms. The molecule has 0 aliphatic heterocycles. The third-order valence-corrected chi connectivity index (χ3v) is 5.20. The molecule has 5 nitrogen and oxygen atoms in total. The minimum absolute atomic E-state index is 0.267. The van der Waals surface area contributed by atoms with Gasteiger partial charge in [0, 0.05) is 10.7 Å². The van der Waals surface area contributed by atoms with E-state index in [1.165, 1.54) is 17.4 Å². The standard InChI is InChI=1S/C20H15Cl2N3O2S/c1-12(24-25-20(27)18-6-3-9-28-18)13-4-2-5-15(10-13)23-19(26)16-8-7-14(21)11-17(16)22/h2-11H,1H3,(H,23,26)(H,25,27)/b24-12-. The maximum Gasteiger partial charge on any atom is 0.281 e. The molecule has 1 aromatic heterocycles. The maximum absolute atomic E-state index is 12.4. The molecule has 0 unspecified atom stereocenters. The molecule has 0 fully saturated rings. The Balaban J connectivity index is 1.71. The lowest BCUT2D eigenvalue weighted by atomic mass is 10.1. The topological polar surface area (TPSA) is 70.6 Å². The number of hydrogen-bond donors (Lipinski definition) is 2. The zero-order chi connectivity index (χ0) is 20.1. The van der Waals surface area contributed by atoms with Crippen LogP contribution in [0.2, 0.25) is 10.0 Å². The predicted octanol–water partition coefficient (Wildman–Crippen LogP) is 5.46. The lowest BCUT2D eigenvalue weighted by Crippen LogP contribution is -2.18. The van der Waals surface area contributed by atoms with Crippen molar-refractivity contribution < 1.29 is 9.59 Å². The largest absolute Gasteiger partial charge is 0.322 e. The van der Waals surface area contributed by atoms with E-state index in [0.717, 1.165) is 5.56 Å². The van der Waals surface area contributed by atoms with E-state index in [1.54, 1.807) is 49.4 Å². The van der Waals surface area contributed by atoms with Crippen LogP contribution in [-0.4, -0.2) is 17.5 Å². The van der Waals surface area contributed by atoms with Crippen LogP contribution in [0.5, 0.6) is 0 Å². The molecule has 142 valence electrons. The summed E-state index contributed by atoms with van der Waals surface area (Å²) in [6.07, 6.45) is 0. The van der Waals surface area contributed by atoms with Gasteiger partial charge in [0.25, 0.3) is 11.8 Å². The van der Waals surface area contributed by atoms with Crippen molar-refractivity contribution in [2.24, 2.45) is 5.10 Å². The minimum Gasteiger partial charge on any atom is -0.322 e. The number of amides is 2. The lowest BCUT2D eigenvalue weighted by molar-refractivity contribution is 0.0958. The van der Waals surface area contributed by atoms with Gasteiger partial charge >= 0.3 is 0 Å². The van der Waals surface area contributed by atoms with Crippen molar-refractivity contribution in [1.82, 2.24) is 5.43 Å². The first-order chi connectivity index (χ1) is 13.4. The molecule has 0 spiro atoms. The van der Waals surface area contributed by atoms with Crippen molar-refractivity contribution in [2.75, 3.05) is 5.32 Å². The van der Waals surface area contributed by atoms with Crippen LogP contribution in [-0.2, 0) is 0 Å². The highest BCUT2D eigenvalue weighted by atomic mass is 35.5. The lowest BCUT2D eigenvalue weighted by Gasteiger charge is -2.09. The summed E-state index contributed by atoms with van der Waals surface area (Å²) < 4.78 is 0. The number of anilines is 1. The van der Waals surface area contributed by atoms with Crippen LogP contribution < -0.4 is 10.7 Å². The van der Waals surface area contributed by atoms with Gasteiger partial charge in [-0.05, 0) is 54.3 Å². The molecule has 3 rings (SSSR count). The van der Waals surface area contributed by atoms with Crippen molar-refractivity contribution >= 4 is 57.8 Å². The third-order valence-electron chi connectivity index (χ3n) is 3.78. The highest BCUT2D eigenvalue weighted by Gasteiger charge is 2.12. The van der Waals surface area contributed by atoms with Gasteiger partial charge in [-0.3, -0.25) is 9.59 Å². The number of rotatable bonds is 5. The summed E-state index contributed by atoms with van der Waals surface area (Å²) in [5, 5.41) is 9.48. The monoisotopic (exact) mass is 431 g/mol. The molecular weight excluding hydrogens is 417 g/mol. The van der Waals surface area contributed by atoms with Crippen LogP contribution in [0.3, 0.4) is 0 Å². The number of thiophene rings is 1. The zero-order valence-corrected chi connectivity index (χ0v) is 17.0. The van der Waals surface area contributed by atoms with Gasteiger partial charge in [-0.2, -0.15) is 5.10 Å². The van der Waals surface area contributed by atoms with Gasteiger partial charge < -0.3 is 5.32 Å². The van der Waals surface area contributed by atoms with Gasteiger partial charge in [-0.1, -0.05) is 41.4 Å². The van der Waals surface area contributed by atoms with Crippen LogP contribution >= 0.6 is 34.5 Å². The van der Waals surface area contributed by atoms with Gasteiger partial charge in [-0.15, -0.1) is 11.3 Å². The Labute approximate surface area is 176 Å². The van der Waals surface area contributed by atoms with E-state index in [-0.39, 0.29) is 16.8 Å². The first kappa shape index (κ1) is 20.1. The van der Waals surface area contributed by atoms with Gasteiger partial charge in [0.05, 0.1) is 21.2 Å². The molecule has 28 heavy (non-hydrogen) atoms. The molecule has 0 saturated heterocycles. The fraction of sp³-hybridized carbons (Fsp3) is 0.0500. The summed E-state index contributed by atoms with van der Waals surface area (Å²) in [6, 6.07) is 15.3. The average Bonchev–Trinajstić information content (AvgIpc) is 3.20. The molecule has 3 aromatic rings. The Morgan fingerprint density at radius 1 is 1.00 bits per heavy atom. The van der Waals surface area contributed by atoms with Gasteiger partial charge in [0.1, 0.15) is 0 Å². The molecule has 2 N–H and O–H groups in total. The highest BCUT2D eigenvalue weighted by Crippen LogP contribution is 2.22. The first-order valence-electron chi connectivity index (χ1n) is 8.19. The van der Waals surface area contributed by atoms with Crippen molar-refractivity contribution in [2.45, 2.75) is 6.92 Å². The Kier molecular flexibility index (Phi) is 6.46. The number of nitrogens with one attached hydrogen (secondary N) is 2. The van der Waals surface area contributed by atoms with E-state index in [1.807, 2.05) is 11.4 Å². The zero-order valence-electron chi connectivity index (χ0n) is 14.7. The smallest absolute Gasteiger partial charge is 0.281 e.